The molecule has 1 fully saturated rings. The summed E-state index contributed by atoms with van der Waals surface area (Å²) in [6, 6.07) is 10.4. The second-order valence-corrected chi connectivity index (χ2v) is 7.61. The number of nitrogens with one attached hydrogen (secondary N) is 1. The molecule has 4 nitrogen and oxygen atoms in total. The molecule has 26 heavy (non-hydrogen) atoms. The van der Waals surface area contributed by atoms with Crippen molar-refractivity contribution < 1.29 is 5.11 Å². The molecule has 2 heterocycles. The zero-order chi connectivity index (χ0) is 18.5. The van der Waals surface area contributed by atoms with Gasteiger partial charge >= 0.3 is 0 Å². The summed E-state index contributed by atoms with van der Waals surface area (Å²) >= 11 is 0. The molecule has 0 bridgehead atoms. The minimum absolute atomic E-state index is 0.143. The number of benzene rings is 1. The van der Waals surface area contributed by atoms with Crippen LogP contribution in [0.5, 0.6) is 0 Å². The Bertz CT molecular complexity index is 761. The fourth-order valence-corrected chi connectivity index (χ4v) is 3.88. The fourth-order valence-electron chi connectivity index (χ4n) is 3.88. The molecule has 0 unspecified atom stereocenters. The van der Waals surface area contributed by atoms with E-state index >= 15 is 0 Å². The van der Waals surface area contributed by atoms with Crippen LogP contribution in [-0.2, 0) is 13.0 Å². The average Bonchev–Trinajstić information content (AvgIpc) is 2.68. The summed E-state index contributed by atoms with van der Waals surface area (Å²) in [7, 11) is 0. The molecule has 1 atom stereocenters. The number of likely N-dealkylation sites (tertiary alicyclic amines) is 1. The number of aryl methyl sites for hydroxylation is 2. The molecule has 1 saturated heterocycles. The van der Waals surface area contributed by atoms with Crippen molar-refractivity contribution in [2.45, 2.75) is 52.2 Å². The molecule has 3 rings (SSSR count). The van der Waals surface area contributed by atoms with Gasteiger partial charge in [0.1, 0.15) is 0 Å². The highest BCUT2D eigenvalue weighted by Crippen LogP contribution is 2.24. The van der Waals surface area contributed by atoms with Crippen molar-refractivity contribution in [3.63, 3.8) is 0 Å². The Kier molecular flexibility index (Phi) is 6.28. The number of rotatable bonds is 6. The summed E-state index contributed by atoms with van der Waals surface area (Å²) in [5, 5.41) is 10.6. The number of pyridine rings is 1. The number of hydrogen-bond acceptors (Lipinski definition) is 3. The standard InChI is InChI=1S/C22H30N2O2/c1-16-14-23-20(17(2)22(16)26)15-24-12-10-19(11-13-24)21(25)9-8-18-6-4-3-5-7-18/h3-7,14,19,21,25H,8-13,15H2,1-2H3,(H,23,26)/t21-/m0/s1. The monoisotopic (exact) mass is 354 g/mol. The minimum Gasteiger partial charge on any atom is -0.393 e. The molecule has 1 aliphatic heterocycles. The maximum Gasteiger partial charge on any atom is 0.187 e. The summed E-state index contributed by atoms with van der Waals surface area (Å²) in [6.45, 7) is 6.48. The number of nitrogens with zero attached hydrogens (tertiary/aromatic N) is 1. The quantitative estimate of drug-likeness (QED) is 0.838. The van der Waals surface area contributed by atoms with Crippen LogP contribution in [0.3, 0.4) is 0 Å². The minimum atomic E-state index is -0.224. The van der Waals surface area contributed by atoms with Crippen molar-refractivity contribution >= 4 is 0 Å². The highest BCUT2D eigenvalue weighted by Gasteiger charge is 2.25. The third-order valence-electron chi connectivity index (χ3n) is 5.74. The summed E-state index contributed by atoms with van der Waals surface area (Å²) in [4.78, 5) is 17.7. The Hall–Kier alpha value is -1.91. The van der Waals surface area contributed by atoms with Gasteiger partial charge in [0.15, 0.2) is 5.43 Å². The first-order valence-electron chi connectivity index (χ1n) is 9.66. The van der Waals surface area contributed by atoms with Crippen LogP contribution in [-0.4, -0.2) is 34.2 Å². The van der Waals surface area contributed by atoms with E-state index in [1.165, 1.54) is 5.56 Å². The SMILES string of the molecule is Cc1c[nH]c(CN2CCC([C@@H](O)CCc3ccccc3)CC2)c(C)c1=O. The zero-order valence-electron chi connectivity index (χ0n) is 15.9. The van der Waals surface area contributed by atoms with E-state index in [4.69, 9.17) is 0 Å². The number of aliphatic hydroxyl groups excluding tert-OH is 1. The molecule has 0 amide bonds. The molecule has 0 spiro atoms. The van der Waals surface area contributed by atoms with Gasteiger partial charge in [-0.1, -0.05) is 30.3 Å². The van der Waals surface area contributed by atoms with E-state index in [1.54, 1.807) is 0 Å². The summed E-state index contributed by atoms with van der Waals surface area (Å²) in [5.74, 6) is 0.383. The van der Waals surface area contributed by atoms with Crippen molar-refractivity contribution in [3.8, 4) is 0 Å². The Balaban J connectivity index is 1.48. The van der Waals surface area contributed by atoms with E-state index in [9.17, 15) is 9.90 Å². The van der Waals surface area contributed by atoms with E-state index in [-0.39, 0.29) is 11.5 Å². The first-order chi connectivity index (χ1) is 12.5. The van der Waals surface area contributed by atoms with E-state index < -0.39 is 0 Å². The highest BCUT2D eigenvalue weighted by molar-refractivity contribution is 5.23. The Labute approximate surface area is 155 Å². The molecule has 1 aliphatic rings. The first-order valence-corrected chi connectivity index (χ1v) is 9.66. The van der Waals surface area contributed by atoms with Crippen LogP contribution >= 0.6 is 0 Å². The Morgan fingerprint density at radius 2 is 1.88 bits per heavy atom. The normalized spacial score (nSPS) is 17.3. The summed E-state index contributed by atoms with van der Waals surface area (Å²) < 4.78 is 0. The van der Waals surface area contributed by atoms with Crippen LogP contribution in [0.2, 0.25) is 0 Å². The topological polar surface area (TPSA) is 56.3 Å². The number of aromatic nitrogens is 1. The van der Waals surface area contributed by atoms with E-state index in [1.807, 2.05) is 26.1 Å². The van der Waals surface area contributed by atoms with Crippen molar-refractivity contribution in [1.82, 2.24) is 9.88 Å². The molecule has 1 aromatic carbocycles. The number of aliphatic hydroxyl groups is 1. The molecular weight excluding hydrogens is 324 g/mol. The highest BCUT2D eigenvalue weighted by atomic mass is 16.3. The third kappa shape index (κ3) is 4.63. The molecule has 4 heteroatoms. The number of hydrogen-bond donors (Lipinski definition) is 2. The number of piperidine rings is 1. The van der Waals surface area contributed by atoms with Crippen LogP contribution in [0, 0.1) is 19.8 Å². The second kappa shape index (κ2) is 8.65. The molecule has 1 aromatic heterocycles. The first kappa shape index (κ1) is 18.9. The van der Waals surface area contributed by atoms with Crippen molar-refractivity contribution in [2.75, 3.05) is 13.1 Å². The lowest BCUT2D eigenvalue weighted by atomic mass is 9.88. The molecule has 0 saturated carbocycles. The third-order valence-corrected chi connectivity index (χ3v) is 5.74. The van der Waals surface area contributed by atoms with Gasteiger partial charge in [-0.15, -0.1) is 0 Å². The summed E-state index contributed by atoms with van der Waals surface area (Å²) in [5.41, 5.74) is 4.05. The van der Waals surface area contributed by atoms with Crippen molar-refractivity contribution in [1.29, 1.82) is 0 Å². The Morgan fingerprint density at radius 1 is 1.19 bits per heavy atom. The van der Waals surface area contributed by atoms with Gasteiger partial charge in [0.25, 0.3) is 0 Å². The van der Waals surface area contributed by atoms with Gasteiger partial charge in [-0.2, -0.15) is 0 Å². The predicted molar refractivity (Wildman–Crippen MR) is 105 cm³/mol. The molecule has 0 radical (unpaired) electrons. The lowest BCUT2D eigenvalue weighted by Gasteiger charge is -2.34. The van der Waals surface area contributed by atoms with Crippen molar-refractivity contribution in [2.24, 2.45) is 5.92 Å². The van der Waals surface area contributed by atoms with E-state index in [2.05, 4.69) is 34.1 Å². The molecular formula is C22H30N2O2. The zero-order valence-corrected chi connectivity index (χ0v) is 15.9. The predicted octanol–water partition coefficient (Wildman–Crippen LogP) is 3.20. The van der Waals surface area contributed by atoms with E-state index in [0.29, 0.717) is 5.92 Å². The number of H-pyrrole nitrogens is 1. The van der Waals surface area contributed by atoms with Crippen LogP contribution in [0.4, 0.5) is 0 Å². The molecule has 140 valence electrons. The van der Waals surface area contributed by atoms with Gasteiger partial charge in [0.2, 0.25) is 0 Å². The van der Waals surface area contributed by atoms with Gasteiger partial charge < -0.3 is 10.1 Å². The van der Waals surface area contributed by atoms with Gasteiger partial charge in [-0.25, -0.2) is 0 Å². The van der Waals surface area contributed by atoms with Crippen LogP contribution in [0.15, 0.2) is 41.3 Å². The summed E-state index contributed by atoms with van der Waals surface area (Å²) in [6.07, 6.45) is 5.39. The van der Waals surface area contributed by atoms with Crippen LogP contribution < -0.4 is 5.43 Å². The van der Waals surface area contributed by atoms with Gasteiger partial charge in [0.05, 0.1) is 6.10 Å². The molecule has 0 aliphatic carbocycles. The smallest absolute Gasteiger partial charge is 0.187 e. The lowest BCUT2D eigenvalue weighted by Crippen LogP contribution is -2.38. The van der Waals surface area contributed by atoms with Gasteiger partial charge in [-0.3, -0.25) is 9.69 Å². The van der Waals surface area contributed by atoms with Crippen molar-refractivity contribution in [3.05, 3.63) is 69.1 Å². The van der Waals surface area contributed by atoms with E-state index in [0.717, 1.165) is 62.1 Å². The number of aromatic amines is 1. The maximum atomic E-state index is 12.1. The fraction of sp³-hybridized carbons (Fsp3) is 0.500. The van der Waals surface area contributed by atoms with Crippen LogP contribution in [0.1, 0.15) is 41.6 Å². The maximum absolute atomic E-state index is 12.1. The largest absolute Gasteiger partial charge is 0.393 e. The molecule has 2 aromatic rings. The lowest BCUT2D eigenvalue weighted by molar-refractivity contribution is 0.0516. The Morgan fingerprint density at radius 3 is 2.58 bits per heavy atom. The van der Waals surface area contributed by atoms with Crippen LogP contribution in [0.25, 0.3) is 0 Å². The second-order valence-electron chi connectivity index (χ2n) is 7.61. The molecule has 2 N–H and O–H groups in total. The van der Waals surface area contributed by atoms with Gasteiger partial charge in [0, 0.05) is 29.6 Å². The van der Waals surface area contributed by atoms with Gasteiger partial charge in [-0.05, 0) is 64.1 Å². The average molecular weight is 354 g/mol.